The molecule has 1 fully saturated rings. The number of carbonyl (C=O) groups is 3. The molecule has 0 unspecified atom stereocenters. The zero-order valence-electron chi connectivity index (χ0n) is 13.1. The van der Waals surface area contributed by atoms with Crippen molar-refractivity contribution in [2.45, 2.75) is 18.9 Å². The lowest BCUT2D eigenvalue weighted by Crippen LogP contribution is -2.49. The highest BCUT2D eigenvalue weighted by atomic mass is 16.5. The topological polar surface area (TPSA) is 87.7 Å². The molecule has 0 aromatic heterocycles. The van der Waals surface area contributed by atoms with Crippen LogP contribution in [0.3, 0.4) is 0 Å². The number of likely N-dealkylation sites (tertiary alicyclic amines) is 1. The summed E-state index contributed by atoms with van der Waals surface area (Å²) >= 11 is 0. The van der Waals surface area contributed by atoms with E-state index < -0.39 is 6.09 Å². The third-order valence-corrected chi connectivity index (χ3v) is 3.79. The lowest BCUT2D eigenvalue weighted by molar-refractivity contribution is -0.131. The van der Waals surface area contributed by atoms with E-state index in [0.29, 0.717) is 31.5 Å². The van der Waals surface area contributed by atoms with E-state index in [-0.39, 0.29) is 24.4 Å². The Bertz CT molecular complexity index is 554. The van der Waals surface area contributed by atoms with Gasteiger partial charge in [0.2, 0.25) is 5.91 Å². The summed E-state index contributed by atoms with van der Waals surface area (Å²) in [5.74, 6) is -0.382. The molecule has 23 heavy (non-hydrogen) atoms. The van der Waals surface area contributed by atoms with Crippen LogP contribution >= 0.6 is 0 Å². The van der Waals surface area contributed by atoms with E-state index in [0.717, 1.165) is 0 Å². The van der Waals surface area contributed by atoms with Gasteiger partial charge in [0.15, 0.2) is 0 Å². The Labute approximate surface area is 135 Å². The van der Waals surface area contributed by atoms with Crippen LogP contribution in [0.15, 0.2) is 30.3 Å². The lowest BCUT2D eigenvalue weighted by atomic mass is 10.1. The van der Waals surface area contributed by atoms with Gasteiger partial charge in [0.1, 0.15) is 0 Å². The Kier molecular flexibility index (Phi) is 5.96. The van der Waals surface area contributed by atoms with Gasteiger partial charge in [-0.15, -0.1) is 0 Å². The molecule has 1 aromatic carbocycles. The number of ether oxygens (including phenoxy) is 1. The van der Waals surface area contributed by atoms with Gasteiger partial charge in [0.25, 0.3) is 5.91 Å². The highest BCUT2D eigenvalue weighted by Crippen LogP contribution is 2.10. The van der Waals surface area contributed by atoms with Crippen LogP contribution < -0.4 is 10.6 Å². The molecule has 0 spiro atoms. The normalized spacial score (nSPS) is 14.9. The minimum absolute atomic E-state index is 0.0189. The van der Waals surface area contributed by atoms with Crippen LogP contribution in [-0.4, -0.2) is 55.6 Å². The largest absolute Gasteiger partial charge is 0.453 e. The number of alkyl carbamates (subject to hydrolysis) is 1. The van der Waals surface area contributed by atoms with Crippen LogP contribution in [-0.2, 0) is 9.53 Å². The summed E-state index contributed by atoms with van der Waals surface area (Å²) in [6.45, 7) is 1.08. The second kappa shape index (κ2) is 8.17. The summed E-state index contributed by atoms with van der Waals surface area (Å²) in [4.78, 5) is 36.9. The van der Waals surface area contributed by atoms with Gasteiger partial charge in [0.05, 0.1) is 13.7 Å². The number of benzene rings is 1. The predicted octanol–water partition coefficient (Wildman–Crippen LogP) is 0.763. The van der Waals surface area contributed by atoms with Crippen molar-refractivity contribution in [2.75, 3.05) is 26.7 Å². The van der Waals surface area contributed by atoms with Crippen molar-refractivity contribution in [3.8, 4) is 0 Å². The van der Waals surface area contributed by atoms with Crippen LogP contribution in [0.4, 0.5) is 4.79 Å². The molecule has 2 N–H and O–H groups in total. The Morgan fingerprint density at radius 2 is 1.83 bits per heavy atom. The maximum atomic E-state index is 12.1. The maximum absolute atomic E-state index is 12.1. The quantitative estimate of drug-likeness (QED) is 0.858. The van der Waals surface area contributed by atoms with Crippen molar-refractivity contribution in [3.63, 3.8) is 0 Å². The Morgan fingerprint density at radius 1 is 1.17 bits per heavy atom. The molecule has 1 aliphatic heterocycles. The number of methoxy groups -OCH3 is 1. The zero-order chi connectivity index (χ0) is 16.7. The number of piperidine rings is 1. The van der Waals surface area contributed by atoms with Crippen LogP contribution in [0.25, 0.3) is 0 Å². The molecule has 0 bridgehead atoms. The van der Waals surface area contributed by atoms with Crippen LogP contribution in [0.2, 0.25) is 0 Å². The molecule has 7 heteroatoms. The van der Waals surface area contributed by atoms with E-state index in [9.17, 15) is 14.4 Å². The monoisotopic (exact) mass is 319 g/mol. The van der Waals surface area contributed by atoms with Gasteiger partial charge < -0.3 is 20.3 Å². The first kappa shape index (κ1) is 16.8. The molecule has 0 atom stereocenters. The molecule has 0 radical (unpaired) electrons. The smallest absolute Gasteiger partial charge is 0.407 e. The lowest BCUT2D eigenvalue weighted by Gasteiger charge is -2.32. The van der Waals surface area contributed by atoms with E-state index >= 15 is 0 Å². The van der Waals surface area contributed by atoms with Gasteiger partial charge >= 0.3 is 6.09 Å². The van der Waals surface area contributed by atoms with E-state index in [2.05, 4.69) is 15.4 Å². The van der Waals surface area contributed by atoms with E-state index in [1.807, 2.05) is 6.07 Å². The minimum atomic E-state index is -0.454. The van der Waals surface area contributed by atoms with Crippen LogP contribution in [0.1, 0.15) is 23.2 Å². The number of amides is 3. The minimum Gasteiger partial charge on any atom is -0.453 e. The fraction of sp³-hybridized carbons (Fsp3) is 0.438. The Hall–Kier alpha value is -2.57. The van der Waals surface area contributed by atoms with Crippen molar-refractivity contribution in [2.24, 2.45) is 0 Å². The van der Waals surface area contributed by atoms with Gasteiger partial charge in [-0.25, -0.2) is 4.79 Å². The second-order valence-electron chi connectivity index (χ2n) is 5.34. The Morgan fingerprint density at radius 3 is 2.43 bits per heavy atom. The Balaban J connectivity index is 1.73. The van der Waals surface area contributed by atoms with Gasteiger partial charge in [-0.2, -0.15) is 0 Å². The van der Waals surface area contributed by atoms with E-state index in [4.69, 9.17) is 0 Å². The number of rotatable bonds is 4. The van der Waals surface area contributed by atoms with E-state index in [1.165, 1.54) is 7.11 Å². The summed E-state index contributed by atoms with van der Waals surface area (Å²) in [5, 5.41) is 5.36. The first-order valence-corrected chi connectivity index (χ1v) is 7.55. The SMILES string of the molecule is COC(=O)NC1CCN(C(=O)CNC(=O)c2ccccc2)CC1. The number of hydrogen-bond acceptors (Lipinski definition) is 4. The molecule has 0 aliphatic carbocycles. The molecule has 124 valence electrons. The van der Waals surface area contributed by atoms with Crippen molar-refractivity contribution in [3.05, 3.63) is 35.9 Å². The third-order valence-electron chi connectivity index (χ3n) is 3.79. The molecular weight excluding hydrogens is 298 g/mol. The molecule has 1 saturated heterocycles. The first-order chi connectivity index (χ1) is 11.1. The van der Waals surface area contributed by atoms with Crippen molar-refractivity contribution >= 4 is 17.9 Å². The molecule has 1 heterocycles. The number of hydrogen-bond donors (Lipinski definition) is 2. The average molecular weight is 319 g/mol. The molecular formula is C16H21N3O4. The summed E-state index contributed by atoms with van der Waals surface area (Å²) in [6, 6.07) is 8.79. The fourth-order valence-corrected chi connectivity index (χ4v) is 2.46. The van der Waals surface area contributed by atoms with Crippen molar-refractivity contribution in [1.82, 2.24) is 15.5 Å². The van der Waals surface area contributed by atoms with Crippen LogP contribution in [0, 0.1) is 0 Å². The van der Waals surface area contributed by atoms with Crippen LogP contribution in [0.5, 0.6) is 0 Å². The molecule has 1 aliphatic rings. The van der Waals surface area contributed by atoms with Gasteiger partial charge in [-0.3, -0.25) is 9.59 Å². The molecule has 0 saturated carbocycles. The van der Waals surface area contributed by atoms with E-state index in [1.54, 1.807) is 29.2 Å². The third kappa shape index (κ3) is 4.98. The predicted molar refractivity (Wildman–Crippen MR) is 83.9 cm³/mol. The first-order valence-electron chi connectivity index (χ1n) is 7.55. The molecule has 1 aromatic rings. The molecule has 3 amide bonds. The number of carbonyl (C=O) groups excluding carboxylic acids is 3. The van der Waals surface area contributed by atoms with Gasteiger partial charge in [0, 0.05) is 24.7 Å². The number of nitrogens with zero attached hydrogens (tertiary/aromatic N) is 1. The van der Waals surface area contributed by atoms with Crippen molar-refractivity contribution < 1.29 is 19.1 Å². The second-order valence-corrected chi connectivity index (χ2v) is 5.34. The standard InChI is InChI=1S/C16H21N3O4/c1-23-16(22)18-13-7-9-19(10-8-13)14(20)11-17-15(21)12-5-3-2-4-6-12/h2-6,13H,7-11H2,1H3,(H,17,21)(H,18,22). The maximum Gasteiger partial charge on any atom is 0.407 e. The molecule has 2 rings (SSSR count). The summed E-state index contributed by atoms with van der Waals surface area (Å²) in [5.41, 5.74) is 0.529. The average Bonchev–Trinajstić information content (AvgIpc) is 2.60. The number of nitrogens with one attached hydrogen (secondary N) is 2. The highest BCUT2D eigenvalue weighted by molar-refractivity contribution is 5.96. The molecule has 7 nitrogen and oxygen atoms in total. The summed E-state index contributed by atoms with van der Waals surface area (Å²) in [7, 11) is 1.32. The summed E-state index contributed by atoms with van der Waals surface area (Å²) in [6.07, 6.45) is 0.894. The fourth-order valence-electron chi connectivity index (χ4n) is 2.46. The zero-order valence-corrected chi connectivity index (χ0v) is 13.1. The van der Waals surface area contributed by atoms with Gasteiger partial charge in [-0.05, 0) is 25.0 Å². The highest BCUT2D eigenvalue weighted by Gasteiger charge is 2.24. The van der Waals surface area contributed by atoms with Crippen molar-refractivity contribution in [1.29, 1.82) is 0 Å². The van der Waals surface area contributed by atoms with Gasteiger partial charge in [-0.1, -0.05) is 18.2 Å². The summed E-state index contributed by atoms with van der Waals surface area (Å²) < 4.78 is 4.56.